The molecule has 0 aliphatic carbocycles. The number of esters is 1. The summed E-state index contributed by atoms with van der Waals surface area (Å²) in [6.45, 7) is 2.78. The summed E-state index contributed by atoms with van der Waals surface area (Å²) >= 11 is 0. The maximum atomic E-state index is 12.1. The van der Waals surface area contributed by atoms with Gasteiger partial charge in [0, 0.05) is 6.54 Å². The summed E-state index contributed by atoms with van der Waals surface area (Å²) in [6.07, 6.45) is 0. The molecule has 0 aliphatic heterocycles. The van der Waals surface area contributed by atoms with Crippen molar-refractivity contribution in [2.75, 3.05) is 27.8 Å². The maximum Gasteiger partial charge on any atom is 0.341 e. The van der Waals surface area contributed by atoms with Gasteiger partial charge in [0.15, 0.2) is 0 Å². The van der Waals surface area contributed by atoms with E-state index in [4.69, 9.17) is 13.9 Å². The molecule has 0 atom stereocenters. The monoisotopic (exact) mass is 360 g/mol. The van der Waals surface area contributed by atoms with Crippen LogP contribution in [-0.2, 0) is 22.6 Å². The molecule has 0 spiro atoms. The summed E-state index contributed by atoms with van der Waals surface area (Å²) < 4.78 is 15.4. The van der Waals surface area contributed by atoms with Gasteiger partial charge < -0.3 is 19.2 Å². The van der Waals surface area contributed by atoms with E-state index in [-0.39, 0.29) is 12.5 Å². The summed E-state index contributed by atoms with van der Waals surface area (Å²) in [5.74, 6) is 1.36. The summed E-state index contributed by atoms with van der Waals surface area (Å²) in [5.41, 5.74) is 1.39. The number of nitrogens with one attached hydrogen (secondary N) is 1. The van der Waals surface area contributed by atoms with Crippen LogP contribution in [0.25, 0.3) is 0 Å². The normalized spacial score (nSPS) is 10.7. The Kier molecular flexibility index (Phi) is 6.80. The van der Waals surface area contributed by atoms with E-state index >= 15 is 0 Å². The highest BCUT2D eigenvalue weighted by molar-refractivity contribution is 5.90. The van der Waals surface area contributed by atoms with Crippen molar-refractivity contribution >= 4 is 11.9 Å². The number of methoxy groups -OCH3 is 2. The van der Waals surface area contributed by atoms with Crippen LogP contribution in [0, 0.1) is 6.92 Å². The number of furan rings is 1. The molecule has 0 aliphatic rings. The van der Waals surface area contributed by atoms with Gasteiger partial charge in [-0.2, -0.15) is 0 Å². The Bertz CT molecular complexity index is 752. The van der Waals surface area contributed by atoms with Crippen LogP contribution < -0.4 is 10.1 Å². The number of amides is 1. The number of carbonyl (C=O) groups excluding carboxylic acids is 2. The molecule has 26 heavy (non-hydrogen) atoms. The lowest BCUT2D eigenvalue weighted by Crippen LogP contribution is -2.34. The maximum absolute atomic E-state index is 12.1. The van der Waals surface area contributed by atoms with E-state index in [9.17, 15) is 9.59 Å². The van der Waals surface area contributed by atoms with Gasteiger partial charge in [-0.05, 0) is 37.7 Å². The first kappa shape index (κ1) is 19.5. The molecular formula is C19H24N2O5. The Morgan fingerprint density at radius 1 is 1.19 bits per heavy atom. The Labute approximate surface area is 152 Å². The van der Waals surface area contributed by atoms with E-state index in [1.54, 1.807) is 20.1 Å². The molecule has 1 aromatic heterocycles. The standard InChI is InChI=1S/C19H24N2O5/c1-13-17(19(23)25-4)9-16(26-13)11-21(2)12-18(22)20-10-14-5-7-15(24-3)8-6-14/h5-9H,10-12H2,1-4H3,(H,20,22). The predicted octanol–water partition coefficient (Wildman–Crippen LogP) is 2.13. The lowest BCUT2D eigenvalue weighted by Gasteiger charge is -2.15. The Hall–Kier alpha value is -2.80. The van der Waals surface area contributed by atoms with E-state index in [0.717, 1.165) is 11.3 Å². The minimum Gasteiger partial charge on any atom is -0.497 e. The number of ether oxygens (including phenoxy) is 2. The van der Waals surface area contributed by atoms with Crippen molar-refractivity contribution in [1.29, 1.82) is 0 Å². The van der Waals surface area contributed by atoms with E-state index in [1.807, 2.05) is 36.2 Å². The lowest BCUT2D eigenvalue weighted by molar-refractivity contribution is -0.122. The summed E-state index contributed by atoms with van der Waals surface area (Å²) in [7, 11) is 4.75. The minimum absolute atomic E-state index is 0.0974. The summed E-state index contributed by atoms with van der Waals surface area (Å²) in [6, 6.07) is 9.16. The topological polar surface area (TPSA) is 81.0 Å². The zero-order valence-electron chi connectivity index (χ0n) is 15.5. The van der Waals surface area contributed by atoms with Crippen molar-refractivity contribution in [3.63, 3.8) is 0 Å². The fourth-order valence-corrected chi connectivity index (χ4v) is 2.50. The fourth-order valence-electron chi connectivity index (χ4n) is 2.50. The first-order valence-electron chi connectivity index (χ1n) is 8.18. The highest BCUT2D eigenvalue weighted by Gasteiger charge is 2.17. The highest BCUT2D eigenvalue weighted by Crippen LogP contribution is 2.17. The van der Waals surface area contributed by atoms with Gasteiger partial charge in [-0.3, -0.25) is 9.69 Å². The third-order valence-corrected chi connectivity index (χ3v) is 3.86. The zero-order chi connectivity index (χ0) is 19.1. The van der Waals surface area contributed by atoms with Gasteiger partial charge in [-0.1, -0.05) is 12.1 Å². The van der Waals surface area contributed by atoms with Crippen molar-refractivity contribution in [2.45, 2.75) is 20.0 Å². The fraction of sp³-hybridized carbons (Fsp3) is 0.368. The summed E-state index contributed by atoms with van der Waals surface area (Å²) in [5, 5.41) is 2.87. The molecule has 2 rings (SSSR count). The summed E-state index contributed by atoms with van der Waals surface area (Å²) in [4.78, 5) is 25.5. The van der Waals surface area contributed by atoms with E-state index in [2.05, 4.69) is 5.32 Å². The molecule has 0 unspecified atom stereocenters. The number of likely N-dealkylation sites (N-methyl/N-ethyl adjacent to an activating group) is 1. The third kappa shape index (κ3) is 5.35. The molecule has 0 fully saturated rings. The SMILES string of the molecule is COC(=O)c1cc(CN(C)CC(=O)NCc2ccc(OC)cc2)oc1C. The van der Waals surface area contributed by atoms with Gasteiger partial charge in [-0.25, -0.2) is 4.79 Å². The molecule has 0 radical (unpaired) electrons. The molecule has 0 bridgehead atoms. The van der Waals surface area contributed by atoms with Gasteiger partial charge in [-0.15, -0.1) is 0 Å². The van der Waals surface area contributed by atoms with Gasteiger partial charge in [0.05, 0.1) is 27.3 Å². The number of hydrogen-bond acceptors (Lipinski definition) is 6. The van der Waals surface area contributed by atoms with Crippen molar-refractivity contribution in [3.05, 3.63) is 53.0 Å². The van der Waals surface area contributed by atoms with Crippen molar-refractivity contribution < 1.29 is 23.5 Å². The zero-order valence-corrected chi connectivity index (χ0v) is 15.5. The second kappa shape index (κ2) is 9.05. The lowest BCUT2D eigenvalue weighted by atomic mass is 10.2. The van der Waals surface area contributed by atoms with Gasteiger partial charge >= 0.3 is 5.97 Å². The molecule has 1 heterocycles. The second-order valence-electron chi connectivity index (χ2n) is 5.97. The van der Waals surface area contributed by atoms with Crippen molar-refractivity contribution in [2.24, 2.45) is 0 Å². The molecule has 140 valence electrons. The van der Waals surface area contributed by atoms with Crippen LogP contribution in [0.4, 0.5) is 0 Å². The molecule has 7 nitrogen and oxygen atoms in total. The number of hydrogen-bond donors (Lipinski definition) is 1. The van der Waals surface area contributed by atoms with Crippen molar-refractivity contribution in [3.8, 4) is 5.75 Å². The molecule has 7 heteroatoms. The van der Waals surface area contributed by atoms with Crippen LogP contribution in [0.3, 0.4) is 0 Å². The Morgan fingerprint density at radius 2 is 1.88 bits per heavy atom. The quantitative estimate of drug-likeness (QED) is 0.727. The van der Waals surface area contributed by atoms with Crippen LogP contribution in [0.1, 0.15) is 27.4 Å². The number of carbonyl (C=O) groups is 2. The Balaban J connectivity index is 1.82. The van der Waals surface area contributed by atoms with Gasteiger partial charge in [0.1, 0.15) is 22.8 Å². The van der Waals surface area contributed by atoms with Gasteiger partial charge in [0.2, 0.25) is 5.91 Å². The number of nitrogens with zero attached hydrogens (tertiary/aromatic N) is 1. The smallest absolute Gasteiger partial charge is 0.341 e. The number of rotatable bonds is 8. The minimum atomic E-state index is -0.433. The number of benzene rings is 1. The van der Waals surface area contributed by atoms with Crippen LogP contribution >= 0.6 is 0 Å². The molecule has 1 aromatic carbocycles. The van der Waals surface area contributed by atoms with Gasteiger partial charge in [0.25, 0.3) is 0 Å². The first-order valence-corrected chi connectivity index (χ1v) is 8.18. The average molecular weight is 360 g/mol. The first-order chi connectivity index (χ1) is 12.4. The average Bonchev–Trinajstić information content (AvgIpc) is 2.99. The number of aryl methyl sites for hydroxylation is 1. The molecule has 1 amide bonds. The largest absolute Gasteiger partial charge is 0.497 e. The van der Waals surface area contributed by atoms with Crippen molar-refractivity contribution in [1.82, 2.24) is 10.2 Å². The highest BCUT2D eigenvalue weighted by atomic mass is 16.5. The third-order valence-electron chi connectivity index (χ3n) is 3.86. The van der Waals surface area contributed by atoms with E-state index in [0.29, 0.717) is 30.2 Å². The molecule has 0 saturated carbocycles. The molecule has 2 aromatic rings. The van der Waals surface area contributed by atoms with E-state index in [1.165, 1.54) is 7.11 Å². The molecular weight excluding hydrogens is 336 g/mol. The Morgan fingerprint density at radius 3 is 2.50 bits per heavy atom. The molecule has 0 saturated heterocycles. The van der Waals surface area contributed by atoms with E-state index < -0.39 is 5.97 Å². The van der Waals surface area contributed by atoms with Crippen LogP contribution in [0.5, 0.6) is 5.75 Å². The molecule has 1 N–H and O–H groups in total. The van der Waals surface area contributed by atoms with Crippen LogP contribution in [0.2, 0.25) is 0 Å². The second-order valence-corrected chi connectivity index (χ2v) is 5.97. The van der Waals surface area contributed by atoms with Crippen LogP contribution in [0.15, 0.2) is 34.7 Å². The van der Waals surface area contributed by atoms with Crippen LogP contribution in [-0.4, -0.2) is 44.6 Å². The predicted molar refractivity (Wildman–Crippen MR) is 96.0 cm³/mol.